The van der Waals surface area contributed by atoms with E-state index in [1.165, 1.54) is 116 Å². The van der Waals surface area contributed by atoms with Gasteiger partial charge in [-0.15, -0.1) is 0 Å². The van der Waals surface area contributed by atoms with Gasteiger partial charge in [0, 0.05) is 29.6 Å². The van der Waals surface area contributed by atoms with E-state index in [4.69, 9.17) is 0 Å². The normalized spacial score (nSPS) is 11.6. The molecule has 31 heavy (non-hydrogen) atoms. The smallest absolute Gasteiger partial charge is 0 e. The van der Waals surface area contributed by atoms with E-state index in [9.17, 15) is 0 Å². The molecule has 0 spiro atoms. The van der Waals surface area contributed by atoms with E-state index in [1.54, 1.807) is 0 Å². The van der Waals surface area contributed by atoms with Gasteiger partial charge in [-0.25, -0.2) is 0 Å². The van der Waals surface area contributed by atoms with Crippen LogP contribution in [0.3, 0.4) is 0 Å². The largest absolute Gasteiger partial charge is 0.320 e. The van der Waals surface area contributed by atoms with Crippen molar-refractivity contribution in [2.45, 2.75) is 144 Å². The van der Waals surface area contributed by atoms with Crippen LogP contribution in [-0.2, 0) is 0 Å². The Hall–Kier alpha value is 0.920. The quantitative estimate of drug-likeness (QED) is 0.162. The van der Waals surface area contributed by atoms with Crippen LogP contribution >= 0.6 is 0 Å². The second kappa shape index (κ2) is 25.5. The molecule has 0 saturated carbocycles. The monoisotopic (exact) mass is 449 g/mol. The van der Waals surface area contributed by atoms with Crippen LogP contribution in [0.15, 0.2) is 0 Å². The van der Waals surface area contributed by atoms with Crippen molar-refractivity contribution in [1.82, 2.24) is 10.6 Å². The SMILES string of the molecule is CNCCCCCCCCCC(C)(C)C.CNCCCCCCCCCC(C)(C)C.[Na]. The van der Waals surface area contributed by atoms with Crippen LogP contribution in [0.4, 0.5) is 0 Å². The van der Waals surface area contributed by atoms with Crippen molar-refractivity contribution in [3.8, 4) is 0 Å². The van der Waals surface area contributed by atoms with Gasteiger partial charge in [-0.2, -0.15) is 0 Å². The van der Waals surface area contributed by atoms with Gasteiger partial charge in [0.1, 0.15) is 0 Å². The molecule has 0 aromatic carbocycles. The molecule has 0 bridgehead atoms. The molecule has 0 amide bonds. The van der Waals surface area contributed by atoms with Gasteiger partial charge in [0.25, 0.3) is 0 Å². The van der Waals surface area contributed by atoms with Gasteiger partial charge in [0.2, 0.25) is 0 Å². The van der Waals surface area contributed by atoms with E-state index in [1.807, 2.05) is 14.1 Å². The van der Waals surface area contributed by atoms with Crippen molar-refractivity contribution in [2.75, 3.05) is 27.2 Å². The predicted molar refractivity (Wildman–Crippen MR) is 146 cm³/mol. The van der Waals surface area contributed by atoms with Gasteiger partial charge in [0.05, 0.1) is 0 Å². The number of rotatable bonds is 18. The van der Waals surface area contributed by atoms with Gasteiger partial charge in [0.15, 0.2) is 0 Å². The number of hydrogen-bond donors (Lipinski definition) is 2. The number of hydrogen-bond acceptors (Lipinski definition) is 2. The fraction of sp³-hybridized carbons (Fsp3) is 1.00. The molecule has 0 aliphatic carbocycles. The molecule has 2 nitrogen and oxygen atoms in total. The van der Waals surface area contributed by atoms with Crippen LogP contribution in [-0.4, -0.2) is 56.7 Å². The molecule has 185 valence electrons. The van der Waals surface area contributed by atoms with Crippen LogP contribution < -0.4 is 10.6 Å². The van der Waals surface area contributed by atoms with Crippen LogP contribution in [0.5, 0.6) is 0 Å². The molecule has 0 fully saturated rings. The molecule has 0 unspecified atom stereocenters. The third-order valence-corrected chi connectivity index (χ3v) is 5.71. The van der Waals surface area contributed by atoms with Crippen LogP contribution in [0, 0.1) is 10.8 Å². The van der Waals surface area contributed by atoms with Crippen LogP contribution in [0.2, 0.25) is 0 Å². The maximum absolute atomic E-state index is 3.20. The van der Waals surface area contributed by atoms with E-state index >= 15 is 0 Å². The first-order chi connectivity index (χ1) is 14.1. The van der Waals surface area contributed by atoms with E-state index < -0.39 is 0 Å². The fourth-order valence-corrected chi connectivity index (χ4v) is 3.68. The minimum atomic E-state index is 0. The van der Waals surface area contributed by atoms with Gasteiger partial charge in [-0.3, -0.25) is 0 Å². The van der Waals surface area contributed by atoms with Gasteiger partial charge >= 0.3 is 0 Å². The summed E-state index contributed by atoms with van der Waals surface area (Å²) in [6.07, 6.45) is 22.6. The Labute approximate surface area is 221 Å². The Balaban J connectivity index is -0.000000490. The van der Waals surface area contributed by atoms with Crippen molar-refractivity contribution in [2.24, 2.45) is 10.8 Å². The molecule has 0 aliphatic rings. The summed E-state index contributed by atoms with van der Waals surface area (Å²) in [7, 11) is 4.07. The zero-order valence-corrected chi connectivity index (χ0v) is 25.7. The second-order valence-electron chi connectivity index (χ2n) is 11.8. The van der Waals surface area contributed by atoms with Crippen molar-refractivity contribution in [3.05, 3.63) is 0 Å². The molecule has 1 radical (unpaired) electrons. The Morgan fingerprint density at radius 2 is 0.613 bits per heavy atom. The summed E-state index contributed by atoms with van der Waals surface area (Å²) < 4.78 is 0. The average Bonchev–Trinajstić information content (AvgIpc) is 2.64. The maximum Gasteiger partial charge on any atom is 0 e. The van der Waals surface area contributed by atoms with Crippen molar-refractivity contribution < 1.29 is 0 Å². The predicted octanol–water partition coefficient (Wildman–Crippen LogP) is 8.36. The molecule has 2 N–H and O–H groups in total. The maximum atomic E-state index is 3.20. The van der Waals surface area contributed by atoms with Crippen LogP contribution in [0.25, 0.3) is 0 Å². The summed E-state index contributed by atoms with van der Waals surface area (Å²) in [5, 5.41) is 6.39. The second-order valence-corrected chi connectivity index (χ2v) is 11.8. The molecule has 0 aromatic heterocycles. The Morgan fingerprint density at radius 1 is 0.387 bits per heavy atom. The average molecular weight is 450 g/mol. The summed E-state index contributed by atoms with van der Waals surface area (Å²) in [6, 6.07) is 0. The fourth-order valence-electron chi connectivity index (χ4n) is 3.68. The third-order valence-electron chi connectivity index (χ3n) is 5.71. The van der Waals surface area contributed by atoms with Crippen molar-refractivity contribution in [1.29, 1.82) is 0 Å². The van der Waals surface area contributed by atoms with E-state index in [0.717, 1.165) is 0 Å². The zero-order valence-electron chi connectivity index (χ0n) is 23.7. The van der Waals surface area contributed by atoms with Gasteiger partial charge in [-0.05, 0) is 63.7 Å². The standard InChI is InChI=1S/2C14H31N.Na/c2*1-14(2,3)12-10-8-6-5-7-9-11-13-15-4;/h2*15H,5-13H2,1-4H3;. The Bertz CT molecular complexity index is 286. The van der Waals surface area contributed by atoms with Gasteiger partial charge in [-0.1, -0.05) is 119 Å². The first kappa shape index (κ1) is 36.5. The first-order valence-corrected chi connectivity index (χ1v) is 13.4. The molecule has 0 aliphatic heterocycles. The zero-order chi connectivity index (χ0) is 23.1. The van der Waals surface area contributed by atoms with Crippen LogP contribution in [0.1, 0.15) is 144 Å². The Morgan fingerprint density at radius 3 is 0.839 bits per heavy atom. The number of unbranched alkanes of at least 4 members (excludes halogenated alkanes) is 12. The summed E-state index contributed by atoms with van der Waals surface area (Å²) in [6.45, 7) is 16.4. The van der Waals surface area contributed by atoms with Crippen molar-refractivity contribution in [3.63, 3.8) is 0 Å². The van der Waals surface area contributed by atoms with E-state index in [0.29, 0.717) is 10.8 Å². The number of nitrogens with one attached hydrogen (secondary N) is 2. The molecular weight excluding hydrogens is 387 g/mol. The molecule has 3 heteroatoms. The Kier molecular flexibility index (Phi) is 30.1. The third kappa shape index (κ3) is 41.6. The molecule has 0 atom stereocenters. The minimum Gasteiger partial charge on any atom is -0.320 e. The summed E-state index contributed by atoms with van der Waals surface area (Å²) in [5.41, 5.74) is 1.07. The molecule has 0 heterocycles. The minimum absolute atomic E-state index is 0. The van der Waals surface area contributed by atoms with E-state index in [-0.39, 0.29) is 29.6 Å². The van der Waals surface area contributed by atoms with Gasteiger partial charge < -0.3 is 10.6 Å². The summed E-state index contributed by atoms with van der Waals surface area (Å²) >= 11 is 0. The molecule has 0 rings (SSSR count). The van der Waals surface area contributed by atoms with Crippen molar-refractivity contribution >= 4 is 29.6 Å². The summed E-state index contributed by atoms with van der Waals surface area (Å²) in [4.78, 5) is 0. The molecule has 0 aromatic rings. The first-order valence-electron chi connectivity index (χ1n) is 13.4. The summed E-state index contributed by atoms with van der Waals surface area (Å²) in [5.74, 6) is 0. The molecule has 0 saturated heterocycles. The van der Waals surface area contributed by atoms with E-state index in [2.05, 4.69) is 52.2 Å². The molecular formula is C28H62N2Na. The topological polar surface area (TPSA) is 24.1 Å².